The molecule has 1 fully saturated rings. The van der Waals surface area contributed by atoms with Gasteiger partial charge in [-0.2, -0.15) is 0 Å². The third-order valence-electron chi connectivity index (χ3n) is 5.28. The fraction of sp³-hybridized carbons (Fsp3) is 0.333. The molecule has 0 spiro atoms. The molecule has 1 saturated carbocycles. The van der Waals surface area contributed by atoms with Crippen LogP contribution in [0, 0.1) is 6.08 Å². The molecule has 4 rings (SSSR count). The minimum Gasteiger partial charge on any atom is -0.465 e. The van der Waals surface area contributed by atoms with Crippen LogP contribution < -0.4 is 0 Å². The van der Waals surface area contributed by atoms with E-state index in [0.29, 0.717) is 11.5 Å². The molecule has 0 unspecified atom stereocenters. The second-order valence-electron chi connectivity index (χ2n) is 6.67. The van der Waals surface area contributed by atoms with Crippen LogP contribution in [0.15, 0.2) is 41.5 Å². The van der Waals surface area contributed by atoms with E-state index in [1.165, 1.54) is 43.7 Å². The number of aromatic nitrogens is 1. The first-order valence-corrected chi connectivity index (χ1v) is 8.74. The van der Waals surface area contributed by atoms with Crippen molar-refractivity contribution < 1.29 is 9.53 Å². The maximum atomic E-state index is 11.9. The zero-order valence-corrected chi connectivity index (χ0v) is 14.6. The van der Waals surface area contributed by atoms with E-state index in [2.05, 4.69) is 28.7 Å². The van der Waals surface area contributed by atoms with Gasteiger partial charge in [0, 0.05) is 18.0 Å². The highest BCUT2D eigenvalue weighted by Gasteiger charge is 2.29. The first-order valence-electron chi connectivity index (χ1n) is 8.74. The Labute approximate surface area is 147 Å². The van der Waals surface area contributed by atoms with Crippen LogP contribution in [0.4, 0.5) is 0 Å². The minimum absolute atomic E-state index is 0.306. The molecule has 1 aliphatic carbocycles. The number of fused-ring (bicyclic) bond motifs is 1. The van der Waals surface area contributed by atoms with Gasteiger partial charge in [-0.1, -0.05) is 18.9 Å². The van der Waals surface area contributed by atoms with E-state index in [1.54, 1.807) is 6.20 Å². The summed E-state index contributed by atoms with van der Waals surface area (Å²) in [7, 11) is 3.47. The van der Waals surface area contributed by atoms with Crippen molar-refractivity contribution in [2.45, 2.75) is 31.6 Å². The van der Waals surface area contributed by atoms with Gasteiger partial charge in [0.15, 0.2) is 18.0 Å². The summed E-state index contributed by atoms with van der Waals surface area (Å²) in [5.41, 5.74) is 5.10. The maximum Gasteiger partial charge on any atom is 0.337 e. The van der Waals surface area contributed by atoms with Crippen molar-refractivity contribution in [1.82, 2.24) is 4.57 Å². The predicted molar refractivity (Wildman–Crippen MR) is 99.0 cm³/mol. The van der Waals surface area contributed by atoms with E-state index in [1.807, 2.05) is 24.3 Å². The van der Waals surface area contributed by atoms with Crippen LogP contribution in [0.25, 0.3) is 10.9 Å². The average molecular weight is 333 g/mol. The number of nitrogens with zero attached hydrogens (tertiary/aromatic N) is 2. The molecule has 0 amide bonds. The SMILES string of the molecule is COC(=O)c1ccc2c(C3CCCC3)c(C3=NC=[C+]C=C3)n(C)c2c1. The van der Waals surface area contributed by atoms with Gasteiger partial charge in [0.05, 0.1) is 18.4 Å². The topological polar surface area (TPSA) is 43.6 Å². The molecule has 0 atom stereocenters. The van der Waals surface area contributed by atoms with Gasteiger partial charge in [-0.3, -0.25) is 0 Å². The number of methoxy groups -OCH3 is 1. The highest BCUT2D eigenvalue weighted by molar-refractivity contribution is 6.13. The van der Waals surface area contributed by atoms with Crippen molar-refractivity contribution in [3.8, 4) is 0 Å². The Morgan fingerprint density at radius 2 is 2.12 bits per heavy atom. The normalized spacial score (nSPS) is 17.0. The lowest BCUT2D eigenvalue weighted by molar-refractivity contribution is 0.0601. The van der Waals surface area contributed by atoms with Gasteiger partial charge in [0.2, 0.25) is 0 Å². The van der Waals surface area contributed by atoms with E-state index in [4.69, 9.17) is 4.74 Å². The molecule has 1 aromatic carbocycles. The molecule has 0 saturated heterocycles. The second kappa shape index (κ2) is 6.30. The van der Waals surface area contributed by atoms with Crippen molar-refractivity contribution in [2.75, 3.05) is 7.11 Å². The molecule has 1 aliphatic heterocycles. The zero-order valence-electron chi connectivity index (χ0n) is 14.6. The molecule has 2 aliphatic rings. The van der Waals surface area contributed by atoms with Crippen molar-refractivity contribution in [2.24, 2.45) is 12.0 Å². The third-order valence-corrected chi connectivity index (χ3v) is 5.28. The number of benzene rings is 1. The molecule has 1 aromatic heterocycles. The van der Waals surface area contributed by atoms with Crippen molar-refractivity contribution in [3.63, 3.8) is 0 Å². The van der Waals surface area contributed by atoms with Gasteiger partial charge in [0.25, 0.3) is 0 Å². The first kappa shape index (κ1) is 15.8. The van der Waals surface area contributed by atoms with Gasteiger partial charge in [-0.25, -0.2) is 9.79 Å². The molecule has 25 heavy (non-hydrogen) atoms. The quantitative estimate of drug-likeness (QED) is 0.621. The van der Waals surface area contributed by atoms with Crippen LogP contribution >= 0.6 is 0 Å². The molecule has 4 nitrogen and oxygen atoms in total. The molecule has 0 N–H and O–H groups in total. The molecule has 2 heterocycles. The predicted octanol–water partition coefficient (Wildman–Crippen LogP) is 4.30. The van der Waals surface area contributed by atoms with E-state index < -0.39 is 0 Å². The summed E-state index contributed by atoms with van der Waals surface area (Å²) in [6.45, 7) is 0. The summed E-state index contributed by atoms with van der Waals surface area (Å²) in [5.74, 6) is 0.244. The van der Waals surface area contributed by atoms with Gasteiger partial charge in [-0.05, 0) is 36.5 Å². The van der Waals surface area contributed by atoms with Crippen LogP contribution in [0.3, 0.4) is 0 Å². The number of rotatable bonds is 3. The number of carbonyl (C=O) groups is 1. The van der Waals surface area contributed by atoms with Gasteiger partial charge >= 0.3 is 5.97 Å². The number of allylic oxidation sites excluding steroid dienone is 3. The number of esters is 1. The molecule has 126 valence electrons. The number of aryl methyl sites for hydroxylation is 1. The zero-order chi connectivity index (χ0) is 17.4. The third kappa shape index (κ3) is 2.59. The van der Waals surface area contributed by atoms with Crippen LogP contribution in [0.5, 0.6) is 0 Å². The Morgan fingerprint density at radius 1 is 1.32 bits per heavy atom. The van der Waals surface area contributed by atoms with E-state index in [0.717, 1.165) is 16.9 Å². The van der Waals surface area contributed by atoms with Crippen LogP contribution in [-0.2, 0) is 11.8 Å². The number of hydrogen-bond donors (Lipinski definition) is 0. The van der Waals surface area contributed by atoms with Gasteiger partial charge in [0.1, 0.15) is 12.2 Å². The average Bonchev–Trinajstić information content (AvgIpc) is 3.28. The Morgan fingerprint density at radius 3 is 2.80 bits per heavy atom. The lowest BCUT2D eigenvalue weighted by atomic mass is 9.92. The summed E-state index contributed by atoms with van der Waals surface area (Å²) in [5, 5.41) is 1.21. The molecular weight excluding hydrogens is 312 g/mol. The maximum absolute atomic E-state index is 11.9. The van der Waals surface area contributed by atoms with Crippen molar-refractivity contribution in [1.29, 1.82) is 0 Å². The number of ether oxygens (including phenoxy) is 1. The van der Waals surface area contributed by atoms with Gasteiger partial charge in [-0.15, -0.1) is 0 Å². The number of aliphatic imine (C=N–C) groups is 1. The van der Waals surface area contributed by atoms with Gasteiger partial charge < -0.3 is 9.30 Å². The fourth-order valence-electron chi connectivity index (χ4n) is 4.11. The summed E-state index contributed by atoms with van der Waals surface area (Å²) >= 11 is 0. The Hall–Kier alpha value is -2.71. The molecule has 0 radical (unpaired) electrons. The molecular formula is C21H21N2O2+. The second-order valence-corrected chi connectivity index (χ2v) is 6.67. The number of carbonyl (C=O) groups excluding carboxylic acids is 1. The van der Waals surface area contributed by atoms with E-state index in [9.17, 15) is 4.79 Å². The lowest BCUT2D eigenvalue weighted by Crippen LogP contribution is -2.10. The van der Waals surface area contributed by atoms with Crippen LogP contribution in [0.1, 0.15) is 53.2 Å². The molecule has 4 heteroatoms. The number of hydrogen-bond acceptors (Lipinski definition) is 3. The largest absolute Gasteiger partial charge is 0.465 e. The van der Waals surface area contributed by atoms with E-state index in [-0.39, 0.29) is 5.97 Å². The first-order chi connectivity index (χ1) is 12.2. The van der Waals surface area contributed by atoms with Crippen LogP contribution in [-0.4, -0.2) is 23.4 Å². The fourth-order valence-corrected chi connectivity index (χ4v) is 4.11. The molecule has 0 bridgehead atoms. The minimum atomic E-state index is -0.306. The summed E-state index contributed by atoms with van der Waals surface area (Å²) < 4.78 is 7.05. The Kier molecular flexibility index (Phi) is 3.98. The lowest BCUT2D eigenvalue weighted by Gasteiger charge is -2.12. The van der Waals surface area contributed by atoms with Crippen molar-refractivity contribution in [3.05, 3.63) is 59.4 Å². The summed E-state index contributed by atoms with van der Waals surface area (Å²) in [4.78, 5) is 16.5. The van der Waals surface area contributed by atoms with E-state index >= 15 is 0 Å². The van der Waals surface area contributed by atoms with Crippen LogP contribution in [0.2, 0.25) is 0 Å². The summed E-state index contributed by atoms with van der Waals surface area (Å²) in [6, 6.07) is 5.86. The summed E-state index contributed by atoms with van der Waals surface area (Å²) in [6.07, 6.45) is 13.6. The Bertz CT molecular complexity index is 925. The van der Waals surface area contributed by atoms with Crippen molar-refractivity contribution >= 4 is 22.6 Å². The highest BCUT2D eigenvalue weighted by atomic mass is 16.5. The highest BCUT2D eigenvalue weighted by Crippen LogP contribution is 2.41. The Balaban J connectivity index is 1.97. The molecule has 2 aromatic rings. The monoisotopic (exact) mass is 333 g/mol. The standard InChI is InChI=1S/C21H21N2O2/c1-23-18-13-15(21(24)25-2)10-11-16(18)19(14-7-3-4-8-14)20(23)17-9-5-6-12-22-17/h5,9-14H,3-4,7-8H2,1-2H3/q+1. The smallest absolute Gasteiger partial charge is 0.337 e.